The number of rotatable bonds is 5. The second kappa shape index (κ2) is 11.1. The van der Waals surface area contributed by atoms with Crippen molar-refractivity contribution in [3.8, 4) is 0 Å². The van der Waals surface area contributed by atoms with Gasteiger partial charge in [-0.05, 0) is 38.0 Å². The molecule has 1 aliphatic heterocycles. The van der Waals surface area contributed by atoms with Gasteiger partial charge in [-0.3, -0.25) is 9.79 Å². The average molecular weight is 436 g/mol. The van der Waals surface area contributed by atoms with Crippen molar-refractivity contribution in [2.75, 3.05) is 19.6 Å². The fraction of sp³-hybridized carbons (Fsp3) is 0.882. The maximum atomic E-state index is 11.2. The first-order chi connectivity index (χ1) is 10.7. The van der Waals surface area contributed by atoms with Crippen LogP contribution in [0, 0.1) is 11.8 Å². The highest BCUT2D eigenvalue weighted by Crippen LogP contribution is 2.30. The van der Waals surface area contributed by atoms with Crippen LogP contribution in [0.25, 0.3) is 0 Å². The smallest absolute Gasteiger partial charge is 0.220 e. The lowest BCUT2D eigenvalue weighted by Crippen LogP contribution is -2.51. The Hall–Kier alpha value is -0.530. The van der Waals surface area contributed by atoms with Gasteiger partial charge in [0.2, 0.25) is 5.91 Å². The Morgan fingerprint density at radius 2 is 2.17 bits per heavy atom. The van der Waals surface area contributed by atoms with Gasteiger partial charge in [-0.15, -0.1) is 24.0 Å². The lowest BCUT2D eigenvalue weighted by molar-refractivity contribution is -0.122. The zero-order chi connectivity index (χ0) is 15.8. The first-order valence-corrected chi connectivity index (χ1v) is 8.99. The summed E-state index contributed by atoms with van der Waals surface area (Å²) in [7, 11) is 0. The van der Waals surface area contributed by atoms with Crippen LogP contribution >= 0.6 is 24.0 Å². The molecule has 3 unspecified atom stereocenters. The minimum atomic E-state index is 0. The lowest BCUT2D eigenvalue weighted by Gasteiger charge is -2.27. The van der Waals surface area contributed by atoms with E-state index in [1.54, 1.807) is 0 Å². The molecule has 0 bridgehead atoms. The highest BCUT2D eigenvalue weighted by Gasteiger charge is 2.20. The van der Waals surface area contributed by atoms with Crippen LogP contribution in [0.2, 0.25) is 0 Å². The molecule has 0 radical (unpaired) electrons. The molecule has 1 heterocycles. The molecule has 3 atom stereocenters. The number of nitrogens with zero attached hydrogens (tertiary/aromatic N) is 1. The van der Waals surface area contributed by atoms with Gasteiger partial charge in [0, 0.05) is 32.1 Å². The van der Waals surface area contributed by atoms with Gasteiger partial charge in [-0.1, -0.05) is 26.2 Å². The molecular weight excluding hydrogens is 403 g/mol. The van der Waals surface area contributed by atoms with Crippen LogP contribution in [0.15, 0.2) is 4.99 Å². The summed E-state index contributed by atoms with van der Waals surface area (Å²) in [4.78, 5) is 15.9. The predicted octanol–water partition coefficient (Wildman–Crippen LogP) is 2.65. The van der Waals surface area contributed by atoms with Gasteiger partial charge in [0.15, 0.2) is 5.96 Å². The summed E-state index contributed by atoms with van der Waals surface area (Å²) >= 11 is 0. The molecule has 2 rings (SSSR count). The molecular formula is C17H33IN4O. The van der Waals surface area contributed by atoms with Crippen molar-refractivity contribution >= 4 is 35.8 Å². The van der Waals surface area contributed by atoms with Gasteiger partial charge in [-0.25, -0.2) is 0 Å². The fourth-order valence-electron chi connectivity index (χ4n) is 3.55. The van der Waals surface area contributed by atoms with Crippen molar-refractivity contribution in [3.63, 3.8) is 0 Å². The molecule has 0 aromatic carbocycles. The molecule has 2 aliphatic rings. The van der Waals surface area contributed by atoms with Gasteiger partial charge in [0.1, 0.15) is 0 Å². The van der Waals surface area contributed by atoms with E-state index in [0.29, 0.717) is 19.0 Å². The van der Waals surface area contributed by atoms with Crippen molar-refractivity contribution < 1.29 is 4.79 Å². The van der Waals surface area contributed by atoms with E-state index in [9.17, 15) is 4.79 Å². The van der Waals surface area contributed by atoms with E-state index in [2.05, 4.69) is 29.8 Å². The van der Waals surface area contributed by atoms with E-state index in [1.165, 1.54) is 32.1 Å². The van der Waals surface area contributed by atoms with Crippen LogP contribution in [0.1, 0.15) is 58.8 Å². The van der Waals surface area contributed by atoms with Crippen molar-refractivity contribution in [2.45, 2.75) is 64.8 Å². The second-order valence-electron chi connectivity index (χ2n) is 6.87. The third-order valence-corrected chi connectivity index (χ3v) is 4.80. The molecule has 0 aromatic rings. The number of carbonyl (C=O) groups is 1. The van der Waals surface area contributed by atoms with E-state index >= 15 is 0 Å². The lowest BCUT2D eigenvalue weighted by atomic mass is 9.81. The number of guanidine groups is 1. The van der Waals surface area contributed by atoms with Crippen LogP contribution in [0.4, 0.5) is 0 Å². The zero-order valence-corrected chi connectivity index (χ0v) is 16.9. The van der Waals surface area contributed by atoms with Crippen molar-refractivity contribution in [1.82, 2.24) is 16.0 Å². The number of hydrogen-bond acceptors (Lipinski definition) is 2. The molecule has 1 aliphatic carbocycles. The SMILES string of the molecule is CCNC(=NCCC1CCCC(C)C1)NC1CCC(=O)NC1.I. The normalized spacial score (nSPS) is 28.5. The van der Waals surface area contributed by atoms with Crippen LogP contribution in [-0.2, 0) is 4.79 Å². The summed E-state index contributed by atoms with van der Waals surface area (Å²) in [5.41, 5.74) is 0. The first-order valence-electron chi connectivity index (χ1n) is 8.99. The van der Waals surface area contributed by atoms with E-state index in [1.807, 2.05) is 0 Å². The van der Waals surface area contributed by atoms with Gasteiger partial charge in [0.25, 0.3) is 0 Å². The molecule has 1 amide bonds. The van der Waals surface area contributed by atoms with E-state index in [4.69, 9.17) is 4.99 Å². The Kier molecular flexibility index (Phi) is 9.90. The van der Waals surface area contributed by atoms with Gasteiger partial charge in [-0.2, -0.15) is 0 Å². The molecule has 6 heteroatoms. The third-order valence-electron chi connectivity index (χ3n) is 4.80. The molecule has 0 spiro atoms. The Morgan fingerprint density at radius 1 is 1.35 bits per heavy atom. The molecule has 5 nitrogen and oxygen atoms in total. The molecule has 23 heavy (non-hydrogen) atoms. The highest BCUT2D eigenvalue weighted by molar-refractivity contribution is 14.0. The predicted molar refractivity (Wildman–Crippen MR) is 106 cm³/mol. The van der Waals surface area contributed by atoms with Gasteiger partial charge < -0.3 is 16.0 Å². The number of hydrogen-bond donors (Lipinski definition) is 3. The topological polar surface area (TPSA) is 65.5 Å². The van der Waals surface area contributed by atoms with Crippen molar-refractivity contribution in [3.05, 3.63) is 0 Å². The van der Waals surface area contributed by atoms with E-state index in [0.717, 1.165) is 37.3 Å². The minimum absolute atomic E-state index is 0. The third kappa shape index (κ3) is 7.72. The molecule has 134 valence electrons. The first kappa shape index (κ1) is 20.5. The Morgan fingerprint density at radius 3 is 2.83 bits per heavy atom. The van der Waals surface area contributed by atoms with E-state index < -0.39 is 0 Å². The zero-order valence-electron chi connectivity index (χ0n) is 14.6. The maximum absolute atomic E-state index is 11.2. The van der Waals surface area contributed by atoms with Crippen LogP contribution < -0.4 is 16.0 Å². The second-order valence-corrected chi connectivity index (χ2v) is 6.87. The molecule has 0 aromatic heterocycles. The van der Waals surface area contributed by atoms with Crippen LogP contribution in [0.5, 0.6) is 0 Å². The number of nitrogens with one attached hydrogen (secondary N) is 3. The van der Waals surface area contributed by atoms with Crippen molar-refractivity contribution in [1.29, 1.82) is 0 Å². The molecule has 1 saturated heterocycles. The summed E-state index contributed by atoms with van der Waals surface area (Å²) in [5, 5.41) is 9.67. The van der Waals surface area contributed by atoms with E-state index in [-0.39, 0.29) is 29.9 Å². The fourth-order valence-corrected chi connectivity index (χ4v) is 3.55. The number of aliphatic imine (C=N–C) groups is 1. The largest absolute Gasteiger partial charge is 0.357 e. The monoisotopic (exact) mass is 436 g/mol. The highest BCUT2D eigenvalue weighted by atomic mass is 127. The number of carbonyl (C=O) groups excluding carboxylic acids is 1. The molecule has 1 saturated carbocycles. The van der Waals surface area contributed by atoms with Crippen molar-refractivity contribution in [2.24, 2.45) is 16.8 Å². The number of amides is 1. The van der Waals surface area contributed by atoms with Crippen LogP contribution in [0.3, 0.4) is 0 Å². The number of halogens is 1. The summed E-state index contributed by atoms with van der Waals surface area (Å²) in [6.07, 6.45) is 8.22. The Bertz CT molecular complexity index is 379. The summed E-state index contributed by atoms with van der Waals surface area (Å²) < 4.78 is 0. The Labute approximate surface area is 157 Å². The summed E-state index contributed by atoms with van der Waals surface area (Å²) in [5.74, 6) is 2.79. The number of piperidine rings is 1. The molecule has 3 N–H and O–H groups in total. The maximum Gasteiger partial charge on any atom is 0.220 e. The summed E-state index contributed by atoms with van der Waals surface area (Å²) in [6, 6.07) is 0.296. The minimum Gasteiger partial charge on any atom is -0.357 e. The quantitative estimate of drug-likeness (QED) is 0.353. The standard InChI is InChI=1S/C17H32N4O.HI/c1-3-18-17(21-15-7-8-16(22)20-12-15)19-10-9-14-6-4-5-13(2)11-14;/h13-15H,3-12H2,1-2H3,(H,20,22)(H2,18,19,21);1H. The summed E-state index contributed by atoms with van der Waals surface area (Å²) in [6.45, 7) is 6.92. The van der Waals surface area contributed by atoms with Crippen LogP contribution in [-0.4, -0.2) is 37.5 Å². The average Bonchev–Trinajstić information content (AvgIpc) is 2.50. The molecule has 2 fully saturated rings. The van der Waals surface area contributed by atoms with Gasteiger partial charge in [0.05, 0.1) is 0 Å². The van der Waals surface area contributed by atoms with Gasteiger partial charge >= 0.3 is 0 Å². The Balaban J connectivity index is 0.00000264.